The van der Waals surface area contributed by atoms with E-state index in [1.54, 1.807) is 5.53 Å². The van der Waals surface area contributed by atoms with E-state index >= 15 is 0 Å². The second-order valence-corrected chi connectivity index (χ2v) is 0.667. The molecule has 0 bridgehead atoms. The van der Waals surface area contributed by atoms with Crippen molar-refractivity contribution in [2.24, 2.45) is 11.7 Å². The molecule has 0 aliphatic rings. The zero-order valence-corrected chi connectivity index (χ0v) is 5.38. The van der Waals surface area contributed by atoms with Gasteiger partial charge in [-0.3, -0.25) is 11.7 Å². The highest BCUT2D eigenvalue weighted by atomic mass is 35.5. The fraction of sp³-hybridized carbons (Fsp3) is 1.00. The molecule has 0 spiro atoms. The van der Waals surface area contributed by atoms with Gasteiger partial charge in [-0.15, -0.1) is 12.4 Å². The molecule has 5 heteroatoms. The molecular formula is C2H13ClN4. The molecule has 0 saturated carbocycles. The molecule has 6 N–H and O–H groups in total. The zero-order chi connectivity index (χ0) is 5.41. The van der Waals surface area contributed by atoms with E-state index in [-0.39, 0.29) is 12.4 Å². The van der Waals surface area contributed by atoms with Crippen LogP contribution in [0, 0.1) is 0 Å². The second kappa shape index (κ2) is 35.6. The molecule has 0 radical (unpaired) electrons. The predicted molar refractivity (Wildman–Crippen MR) is 33.7 cm³/mol. The van der Waals surface area contributed by atoms with Crippen LogP contribution in [0.1, 0.15) is 0 Å². The lowest BCUT2D eigenvalue weighted by Crippen LogP contribution is -2.29. The first-order valence-electron chi connectivity index (χ1n) is 1.58. The number of halogens is 1. The number of hydrogen-bond acceptors (Lipinski definition) is 4. The van der Waals surface area contributed by atoms with Gasteiger partial charge in [-0.25, -0.2) is 0 Å². The van der Waals surface area contributed by atoms with E-state index in [1.165, 1.54) is 0 Å². The molecule has 0 unspecified atom stereocenters. The molecule has 0 aromatic rings. The van der Waals surface area contributed by atoms with Crippen molar-refractivity contribution >= 4 is 12.4 Å². The molecule has 0 aliphatic heterocycles. The molecule has 0 aromatic carbocycles. The lowest BCUT2D eigenvalue weighted by Gasteiger charge is -1.64. The number of nitrogens with one attached hydrogen (secondary N) is 2. The van der Waals surface area contributed by atoms with E-state index in [4.69, 9.17) is 0 Å². The Labute approximate surface area is 50.0 Å². The summed E-state index contributed by atoms with van der Waals surface area (Å²) in [4.78, 5) is 0. The average Bonchev–Trinajstić information content (AvgIpc) is 1.39. The van der Waals surface area contributed by atoms with Gasteiger partial charge in [-0.05, 0) is 14.1 Å². The maximum absolute atomic E-state index is 4.38. The molecular weight excluding hydrogens is 116 g/mol. The van der Waals surface area contributed by atoms with E-state index in [2.05, 4.69) is 17.0 Å². The quantitative estimate of drug-likeness (QED) is 0.239. The Morgan fingerprint density at radius 2 is 1.14 bits per heavy atom. The van der Waals surface area contributed by atoms with E-state index in [0.29, 0.717) is 0 Å². The smallest absolute Gasteiger partial charge is 0.0167 e. The molecule has 0 saturated heterocycles. The van der Waals surface area contributed by atoms with Crippen LogP contribution >= 0.6 is 12.4 Å². The van der Waals surface area contributed by atoms with Crippen molar-refractivity contribution < 1.29 is 0 Å². The van der Waals surface area contributed by atoms with Crippen molar-refractivity contribution in [3.05, 3.63) is 0 Å². The highest BCUT2D eigenvalue weighted by Crippen LogP contribution is 0.981. The molecule has 0 amide bonds. The number of hydrogen-bond donors (Lipinski definition) is 4. The number of rotatable bonds is 0. The summed E-state index contributed by atoms with van der Waals surface area (Å²) in [6.07, 6.45) is 0. The number of hydrazine groups is 2. The van der Waals surface area contributed by atoms with Crippen LogP contribution < -0.4 is 22.5 Å². The van der Waals surface area contributed by atoms with Crippen molar-refractivity contribution in [3.8, 4) is 0 Å². The molecule has 48 valence electrons. The van der Waals surface area contributed by atoms with Gasteiger partial charge in [-0.1, -0.05) is 0 Å². The SMILES string of the molecule is CNC.Cl.NNN. The van der Waals surface area contributed by atoms with Crippen molar-refractivity contribution in [1.29, 1.82) is 0 Å². The minimum atomic E-state index is 0. The summed E-state index contributed by atoms with van der Waals surface area (Å²) in [5.74, 6) is 8.75. The van der Waals surface area contributed by atoms with Crippen molar-refractivity contribution in [3.63, 3.8) is 0 Å². The van der Waals surface area contributed by atoms with Crippen LogP contribution in [0.25, 0.3) is 0 Å². The minimum Gasteiger partial charge on any atom is -0.323 e. The Morgan fingerprint density at radius 1 is 1.14 bits per heavy atom. The third-order valence-corrected chi connectivity index (χ3v) is 0. The summed E-state index contributed by atoms with van der Waals surface area (Å²) in [6, 6.07) is 0. The molecule has 0 heterocycles. The fourth-order valence-electron chi connectivity index (χ4n) is 0. The largest absolute Gasteiger partial charge is 0.323 e. The minimum absolute atomic E-state index is 0. The first kappa shape index (κ1) is 15.7. The van der Waals surface area contributed by atoms with Crippen LogP contribution in [0.2, 0.25) is 0 Å². The normalized spacial score (nSPS) is 5.14. The fourth-order valence-corrected chi connectivity index (χ4v) is 0. The van der Waals surface area contributed by atoms with E-state index in [1.807, 2.05) is 14.1 Å². The van der Waals surface area contributed by atoms with Gasteiger partial charge in [0.1, 0.15) is 0 Å². The molecule has 0 aliphatic carbocycles. The second-order valence-electron chi connectivity index (χ2n) is 0.667. The van der Waals surface area contributed by atoms with Crippen LogP contribution in [0.4, 0.5) is 0 Å². The third kappa shape index (κ3) is 6190. The summed E-state index contributed by atoms with van der Waals surface area (Å²) >= 11 is 0. The lowest BCUT2D eigenvalue weighted by atomic mass is 11.3. The van der Waals surface area contributed by atoms with Crippen LogP contribution in [0.3, 0.4) is 0 Å². The molecule has 0 aromatic heterocycles. The lowest BCUT2D eigenvalue weighted by molar-refractivity contribution is 0.803. The average molecular weight is 129 g/mol. The van der Waals surface area contributed by atoms with Gasteiger partial charge in [0, 0.05) is 0 Å². The Balaban J connectivity index is -0.0000000400. The maximum Gasteiger partial charge on any atom is -0.0167 e. The summed E-state index contributed by atoms with van der Waals surface area (Å²) < 4.78 is 0. The van der Waals surface area contributed by atoms with Gasteiger partial charge < -0.3 is 5.32 Å². The van der Waals surface area contributed by atoms with Crippen LogP contribution in [-0.2, 0) is 0 Å². The van der Waals surface area contributed by atoms with Crippen LogP contribution in [-0.4, -0.2) is 14.1 Å². The van der Waals surface area contributed by atoms with E-state index < -0.39 is 0 Å². The summed E-state index contributed by atoms with van der Waals surface area (Å²) in [5.41, 5.74) is 1.75. The molecule has 0 rings (SSSR count). The van der Waals surface area contributed by atoms with Gasteiger partial charge in [0.15, 0.2) is 0 Å². The summed E-state index contributed by atoms with van der Waals surface area (Å²) in [6.45, 7) is 0. The molecule has 0 atom stereocenters. The van der Waals surface area contributed by atoms with Crippen molar-refractivity contribution in [1.82, 2.24) is 10.9 Å². The third-order valence-electron chi connectivity index (χ3n) is 0. The van der Waals surface area contributed by atoms with E-state index in [0.717, 1.165) is 0 Å². The Bertz CT molecular complexity index is 11.7. The zero-order valence-electron chi connectivity index (χ0n) is 4.56. The van der Waals surface area contributed by atoms with Gasteiger partial charge in [0.05, 0.1) is 0 Å². The van der Waals surface area contributed by atoms with Crippen LogP contribution in [0.5, 0.6) is 0 Å². The van der Waals surface area contributed by atoms with Gasteiger partial charge in [-0.2, -0.15) is 5.53 Å². The first-order valence-corrected chi connectivity index (χ1v) is 1.58. The van der Waals surface area contributed by atoms with Crippen molar-refractivity contribution in [2.75, 3.05) is 14.1 Å². The highest BCUT2D eigenvalue weighted by molar-refractivity contribution is 5.85. The Hall–Kier alpha value is 0.130. The highest BCUT2D eigenvalue weighted by Gasteiger charge is 1.25. The first-order chi connectivity index (χ1) is 2.83. The topological polar surface area (TPSA) is 76.1 Å². The van der Waals surface area contributed by atoms with E-state index in [9.17, 15) is 0 Å². The van der Waals surface area contributed by atoms with Gasteiger partial charge in [0.25, 0.3) is 0 Å². The standard InChI is InChI=1S/C2H7N.ClH.H5N3/c1-3-2;;1-3-2/h3H,1-2H3;1H;3H,1-2H2. The molecule has 7 heavy (non-hydrogen) atoms. The molecule has 4 nitrogen and oxygen atoms in total. The summed E-state index contributed by atoms with van der Waals surface area (Å²) in [5, 5.41) is 2.75. The Kier molecular flexibility index (Phi) is 79.8. The summed E-state index contributed by atoms with van der Waals surface area (Å²) in [7, 11) is 3.75. The van der Waals surface area contributed by atoms with Crippen molar-refractivity contribution in [2.45, 2.75) is 0 Å². The van der Waals surface area contributed by atoms with Gasteiger partial charge >= 0.3 is 0 Å². The monoisotopic (exact) mass is 128 g/mol. The molecule has 0 fully saturated rings. The Morgan fingerprint density at radius 3 is 1.14 bits per heavy atom. The van der Waals surface area contributed by atoms with Gasteiger partial charge in [0.2, 0.25) is 0 Å². The predicted octanol–water partition coefficient (Wildman–Crippen LogP) is -1.42. The number of nitrogens with two attached hydrogens (primary N) is 2. The van der Waals surface area contributed by atoms with Crippen LogP contribution in [0.15, 0.2) is 0 Å². The maximum atomic E-state index is 4.38.